The van der Waals surface area contributed by atoms with Crippen molar-refractivity contribution in [2.45, 2.75) is 13.3 Å². The van der Waals surface area contributed by atoms with Gasteiger partial charge >= 0.3 is 0 Å². The Morgan fingerprint density at radius 1 is 1.62 bits per heavy atom. The topological polar surface area (TPSA) is 47.3 Å². The Morgan fingerprint density at radius 2 is 2.46 bits per heavy atom. The molecule has 0 fully saturated rings. The zero-order chi connectivity index (χ0) is 9.26. The lowest BCUT2D eigenvalue weighted by molar-refractivity contribution is 0.112. The Labute approximate surface area is 75.2 Å². The van der Waals surface area contributed by atoms with Gasteiger partial charge < -0.3 is 0 Å². The number of aromatic nitrogens is 3. The molecule has 0 bridgehead atoms. The van der Waals surface area contributed by atoms with Crippen molar-refractivity contribution in [2.75, 3.05) is 0 Å². The number of hydrogen-bond acceptors (Lipinski definition) is 3. The summed E-state index contributed by atoms with van der Waals surface area (Å²) in [6.07, 6.45) is 4.86. The maximum Gasteiger partial charge on any atom is 0.155 e. The number of fused-ring (bicyclic) bond motifs is 1. The average Bonchev–Trinajstić information content (AvgIpc) is 2.58. The number of nitrogens with zero attached hydrogens (tertiary/aromatic N) is 3. The second-order valence-electron chi connectivity index (χ2n) is 2.80. The smallest absolute Gasteiger partial charge is 0.155 e. The van der Waals surface area contributed by atoms with Gasteiger partial charge in [-0.05, 0) is 6.42 Å². The quantitative estimate of drug-likeness (QED) is 0.642. The molecule has 0 N–H and O–H groups in total. The van der Waals surface area contributed by atoms with Gasteiger partial charge in [0.05, 0.1) is 11.3 Å². The normalized spacial score (nSPS) is 10.5. The summed E-state index contributed by atoms with van der Waals surface area (Å²) < 4.78 is 1.63. The van der Waals surface area contributed by atoms with E-state index >= 15 is 0 Å². The molecule has 13 heavy (non-hydrogen) atoms. The van der Waals surface area contributed by atoms with Crippen LogP contribution in [0, 0.1) is 0 Å². The predicted molar refractivity (Wildman–Crippen MR) is 47.8 cm³/mol. The van der Waals surface area contributed by atoms with Crippen LogP contribution in [-0.2, 0) is 6.42 Å². The molecule has 2 heterocycles. The van der Waals surface area contributed by atoms with Crippen molar-refractivity contribution < 1.29 is 4.79 Å². The van der Waals surface area contributed by atoms with Crippen LogP contribution >= 0.6 is 0 Å². The van der Waals surface area contributed by atoms with Crippen molar-refractivity contribution in [1.82, 2.24) is 14.6 Å². The summed E-state index contributed by atoms with van der Waals surface area (Å²) in [4.78, 5) is 14.5. The Morgan fingerprint density at radius 3 is 3.15 bits per heavy atom. The molecule has 0 aromatic carbocycles. The van der Waals surface area contributed by atoms with Crippen LogP contribution in [0.5, 0.6) is 0 Å². The minimum atomic E-state index is 0.540. The third-order valence-electron chi connectivity index (χ3n) is 1.88. The average molecular weight is 175 g/mol. The molecule has 2 rings (SSSR count). The highest BCUT2D eigenvalue weighted by molar-refractivity contribution is 5.73. The van der Waals surface area contributed by atoms with Gasteiger partial charge in [-0.25, -0.2) is 9.50 Å². The van der Waals surface area contributed by atoms with Crippen LogP contribution in [0.2, 0.25) is 0 Å². The second kappa shape index (κ2) is 2.97. The molecule has 0 aliphatic carbocycles. The summed E-state index contributed by atoms with van der Waals surface area (Å²) in [6.45, 7) is 2.03. The number of aryl methyl sites for hydroxylation is 1. The number of rotatable bonds is 2. The monoisotopic (exact) mass is 175 g/mol. The first-order chi connectivity index (χ1) is 6.33. The van der Waals surface area contributed by atoms with Crippen LogP contribution in [0.25, 0.3) is 5.65 Å². The van der Waals surface area contributed by atoms with Gasteiger partial charge in [-0.2, -0.15) is 5.10 Å². The molecule has 2 aromatic heterocycles. The molecule has 0 saturated heterocycles. The highest BCUT2D eigenvalue weighted by atomic mass is 16.1. The van der Waals surface area contributed by atoms with E-state index in [0.29, 0.717) is 5.56 Å². The summed E-state index contributed by atoms with van der Waals surface area (Å²) in [6, 6.07) is 1.91. The molecule has 0 aliphatic rings. The summed E-state index contributed by atoms with van der Waals surface area (Å²) in [5, 5.41) is 4.24. The maximum absolute atomic E-state index is 10.4. The lowest BCUT2D eigenvalue weighted by atomic mass is 10.3. The largest absolute Gasteiger partial charge is 0.298 e. The number of hydrogen-bond donors (Lipinski definition) is 0. The van der Waals surface area contributed by atoms with Gasteiger partial charge in [0, 0.05) is 18.5 Å². The molecule has 0 atom stereocenters. The van der Waals surface area contributed by atoms with E-state index in [0.717, 1.165) is 24.0 Å². The van der Waals surface area contributed by atoms with E-state index in [1.807, 2.05) is 13.0 Å². The fraction of sp³-hybridized carbons (Fsp3) is 0.222. The summed E-state index contributed by atoms with van der Waals surface area (Å²) >= 11 is 0. The summed E-state index contributed by atoms with van der Waals surface area (Å²) in [5.41, 5.74) is 2.30. The molecule has 0 amide bonds. The van der Waals surface area contributed by atoms with E-state index in [2.05, 4.69) is 10.1 Å². The van der Waals surface area contributed by atoms with Crippen LogP contribution in [0.1, 0.15) is 23.0 Å². The molecular formula is C9H9N3O. The van der Waals surface area contributed by atoms with E-state index in [-0.39, 0.29) is 0 Å². The lowest BCUT2D eigenvalue weighted by Gasteiger charge is -1.91. The van der Waals surface area contributed by atoms with E-state index in [4.69, 9.17) is 0 Å². The Kier molecular flexibility index (Phi) is 1.81. The van der Waals surface area contributed by atoms with Gasteiger partial charge in [0.25, 0.3) is 0 Å². The van der Waals surface area contributed by atoms with Gasteiger partial charge in [-0.3, -0.25) is 4.79 Å². The van der Waals surface area contributed by atoms with E-state index < -0.39 is 0 Å². The molecule has 0 radical (unpaired) electrons. The zero-order valence-electron chi connectivity index (χ0n) is 7.27. The highest BCUT2D eigenvalue weighted by Gasteiger charge is 2.00. The fourth-order valence-corrected chi connectivity index (χ4v) is 1.17. The first kappa shape index (κ1) is 7.91. The van der Waals surface area contributed by atoms with Crippen molar-refractivity contribution in [1.29, 1.82) is 0 Å². The van der Waals surface area contributed by atoms with E-state index in [9.17, 15) is 4.79 Å². The van der Waals surface area contributed by atoms with Crippen LogP contribution in [0.4, 0.5) is 0 Å². The first-order valence-electron chi connectivity index (χ1n) is 4.13. The molecule has 0 saturated carbocycles. The van der Waals surface area contributed by atoms with Crippen molar-refractivity contribution in [3.8, 4) is 0 Å². The van der Waals surface area contributed by atoms with Crippen LogP contribution < -0.4 is 0 Å². The van der Waals surface area contributed by atoms with Gasteiger partial charge in [0.2, 0.25) is 0 Å². The van der Waals surface area contributed by atoms with Gasteiger partial charge in [0.15, 0.2) is 11.9 Å². The second-order valence-corrected chi connectivity index (χ2v) is 2.80. The molecule has 4 nitrogen and oxygen atoms in total. The highest BCUT2D eigenvalue weighted by Crippen LogP contribution is 2.04. The Balaban J connectivity index is 2.63. The van der Waals surface area contributed by atoms with Crippen molar-refractivity contribution in [3.63, 3.8) is 0 Å². The minimum absolute atomic E-state index is 0.540. The summed E-state index contributed by atoms with van der Waals surface area (Å²) in [7, 11) is 0. The fourth-order valence-electron chi connectivity index (χ4n) is 1.17. The molecule has 0 aliphatic heterocycles. The molecular weight excluding hydrogens is 166 g/mol. The number of carbonyl (C=O) groups is 1. The SMILES string of the molecule is CCc1cc2ncc(C=O)cn2n1. The van der Waals surface area contributed by atoms with Crippen LogP contribution in [0.3, 0.4) is 0 Å². The van der Waals surface area contributed by atoms with Crippen molar-refractivity contribution >= 4 is 11.9 Å². The third-order valence-corrected chi connectivity index (χ3v) is 1.88. The lowest BCUT2D eigenvalue weighted by Crippen LogP contribution is -1.93. The van der Waals surface area contributed by atoms with Crippen LogP contribution in [-0.4, -0.2) is 20.9 Å². The van der Waals surface area contributed by atoms with Gasteiger partial charge in [-0.15, -0.1) is 0 Å². The van der Waals surface area contributed by atoms with Crippen molar-refractivity contribution in [3.05, 3.63) is 29.7 Å². The Bertz CT molecular complexity index is 447. The molecule has 2 aromatic rings. The van der Waals surface area contributed by atoms with Crippen LogP contribution in [0.15, 0.2) is 18.5 Å². The molecule has 0 spiro atoms. The van der Waals surface area contributed by atoms with Crippen molar-refractivity contribution in [2.24, 2.45) is 0 Å². The number of carbonyl (C=O) groups excluding carboxylic acids is 1. The summed E-state index contributed by atoms with van der Waals surface area (Å²) in [5.74, 6) is 0. The van der Waals surface area contributed by atoms with E-state index in [1.54, 1.807) is 16.9 Å². The number of aldehydes is 1. The zero-order valence-corrected chi connectivity index (χ0v) is 7.27. The first-order valence-corrected chi connectivity index (χ1v) is 4.13. The molecule has 0 unspecified atom stereocenters. The third kappa shape index (κ3) is 1.30. The standard InChI is InChI=1S/C9H9N3O/c1-2-8-3-9-10-4-7(6-13)5-12(9)11-8/h3-6H,2H2,1H3. The van der Waals surface area contributed by atoms with E-state index in [1.165, 1.54) is 0 Å². The maximum atomic E-state index is 10.4. The Hall–Kier alpha value is -1.71. The molecule has 66 valence electrons. The minimum Gasteiger partial charge on any atom is -0.298 e. The molecule has 4 heteroatoms. The van der Waals surface area contributed by atoms with Gasteiger partial charge in [-0.1, -0.05) is 6.92 Å². The van der Waals surface area contributed by atoms with Gasteiger partial charge in [0.1, 0.15) is 0 Å². The predicted octanol–water partition coefficient (Wildman–Crippen LogP) is 1.10.